The first kappa shape index (κ1) is 18.9. The zero-order valence-electron chi connectivity index (χ0n) is 14.5. The summed E-state index contributed by atoms with van der Waals surface area (Å²) in [5.74, 6) is -0.0188. The summed E-state index contributed by atoms with van der Waals surface area (Å²) in [7, 11) is 0. The molecule has 0 aromatic heterocycles. The van der Waals surface area contributed by atoms with E-state index in [-0.39, 0.29) is 18.3 Å². The minimum absolute atomic E-state index is 0.0925. The van der Waals surface area contributed by atoms with Crippen LogP contribution in [0.3, 0.4) is 0 Å². The first-order chi connectivity index (χ1) is 12.1. The Bertz CT molecular complexity index is 672. The van der Waals surface area contributed by atoms with Crippen molar-refractivity contribution in [2.75, 3.05) is 0 Å². The molecule has 1 N–H and O–H groups in total. The van der Waals surface area contributed by atoms with Crippen LogP contribution in [0.25, 0.3) is 6.08 Å². The fourth-order valence-electron chi connectivity index (χ4n) is 3.48. The van der Waals surface area contributed by atoms with Crippen LogP contribution in [0.4, 0.5) is 0 Å². The van der Waals surface area contributed by atoms with Crippen molar-refractivity contribution in [1.82, 2.24) is 0 Å². The average Bonchev–Trinajstić information content (AvgIpc) is 2.96. The summed E-state index contributed by atoms with van der Waals surface area (Å²) < 4.78 is 0. The lowest BCUT2D eigenvalue weighted by molar-refractivity contribution is -0.137. The molecule has 0 bridgehead atoms. The fraction of sp³-hybridized carbons (Fsp3) is 0.476. The molecule has 25 heavy (non-hydrogen) atoms. The normalized spacial score (nSPS) is 20.0. The van der Waals surface area contributed by atoms with Crippen molar-refractivity contribution in [2.45, 2.75) is 51.4 Å². The summed E-state index contributed by atoms with van der Waals surface area (Å²) in [6, 6.07) is 9.60. The average molecular weight is 339 g/mol. The van der Waals surface area contributed by atoms with Gasteiger partial charge in [-0.2, -0.15) is 5.26 Å². The van der Waals surface area contributed by atoms with Gasteiger partial charge in [-0.1, -0.05) is 43.5 Å². The van der Waals surface area contributed by atoms with Crippen LogP contribution in [-0.2, 0) is 9.59 Å². The van der Waals surface area contributed by atoms with Crippen molar-refractivity contribution in [1.29, 1.82) is 5.26 Å². The van der Waals surface area contributed by atoms with Crippen LogP contribution in [0, 0.1) is 23.2 Å². The number of carbonyl (C=O) groups excluding carboxylic acids is 1. The number of nitriles is 1. The van der Waals surface area contributed by atoms with E-state index in [1.165, 1.54) is 0 Å². The van der Waals surface area contributed by atoms with Crippen molar-refractivity contribution in [3.05, 3.63) is 41.5 Å². The second kappa shape index (κ2) is 9.78. The third kappa shape index (κ3) is 6.19. The van der Waals surface area contributed by atoms with Crippen molar-refractivity contribution in [2.24, 2.45) is 11.8 Å². The van der Waals surface area contributed by atoms with Gasteiger partial charge < -0.3 is 5.11 Å². The number of carboxylic acid groups (broad SMARTS) is 1. The second-order valence-electron chi connectivity index (χ2n) is 6.72. The molecular formula is C21H25NO3. The number of carboxylic acids is 1. The van der Waals surface area contributed by atoms with Gasteiger partial charge in [0.25, 0.3) is 0 Å². The van der Waals surface area contributed by atoms with Crippen molar-refractivity contribution >= 4 is 17.8 Å². The summed E-state index contributed by atoms with van der Waals surface area (Å²) in [6.07, 6.45) is 10.4. The van der Waals surface area contributed by atoms with Crippen molar-refractivity contribution in [3.63, 3.8) is 0 Å². The Labute approximate surface area is 149 Å². The molecule has 4 heteroatoms. The Balaban J connectivity index is 1.83. The number of hydrogen-bond acceptors (Lipinski definition) is 3. The monoisotopic (exact) mass is 339 g/mol. The van der Waals surface area contributed by atoms with Gasteiger partial charge in [-0.25, -0.2) is 0 Å². The van der Waals surface area contributed by atoms with Gasteiger partial charge in [0.05, 0.1) is 11.6 Å². The van der Waals surface area contributed by atoms with E-state index in [1.807, 2.05) is 24.3 Å². The molecule has 1 aliphatic rings. The lowest BCUT2D eigenvalue weighted by Gasteiger charge is -2.14. The van der Waals surface area contributed by atoms with Gasteiger partial charge in [0, 0.05) is 18.8 Å². The predicted molar refractivity (Wildman–Crippen MR) is 96.7 cm³/mol. The summed E-state index contributed by atoms with van der Waals surface area (Å²) in [4.78, 5) is 22.6. The van der Waals surface area contributed by atoms with E-state index < -0.39 is 5.97 Å². The predicted octanol–water partition coefficient (Wildman–Crippen LogP) is 4.59. The number of hydrogen-bond donors (Lipinski definition) is 1. The van der Waals surface area contributed by atoms with E-state index in [4.69, 9.17) is 10.4 Å². The number of rotatable bonds is 9. The van der Waals surface area contributed by atoms with Crippen molar-refractivity contribution in [3.8, 4) is 6.07 Å². The molecule has 0 heterocycles. The molecule has 1 saturated carbocycles. The molecule has 1 aromatic carbocycles. The number of ketones is 1. The lowest BCUT2D eigenvalue weighted by atomic mass is 9.89. The number of carbonyl (C=O) groups is 2. The third-order valence-electron chi connectivity index (χ3n) is 4.86. The Morgan fingerprint density at radius 1 is 1.28 bits per heavy atom. The van der Waals surface area contributed by atoms with Crippen LogP contribution in [0.1, 0.15) is 62.5 Å². The molecule has 1 fully saturated rings. The van der Waals surface area contributed by atoms with Gasteiger partial charge in [-0.15, -0.1) is 0 Å². The van der Waals surface area contributed by atoms with Crippen LogP contribution in [0.15, 0.2) is 30.3 Å². The number of benzene rings is 1. The van der Waals surface area contributed by atoms with Gasteiger partial charge >= 0.3 is 5.97 Å². The quantitative estimate of drug-likeness (QED) is 0.667. The molecule has 0 spiro atoms. The van der Waals surface area contributed by atoms with Gasteiger partial charge in [0.1, 0.15) is 5.78 Å². The second-order valence-corrected chi connectivity index (χ2v) is 6.72. The van der Waals surface area contributed by atoms with Crippen LogP contribution in [0.2, 0.25) is 0 Å². The Hall–Kier alpha value is -2.41. The standard InChI is InChI=1S/C21H25NO3/c22-15-17-7-5-6-16(14-17)10-11-18-12-13-20(23)19(18)8-3-1-2-4-9-21(24)25/h5-7,10-11,14,18-19H,1-4,8-9,12-13H2,(H,24,25)/b11-10+/t18-,19?/m0/s1. The van der Waals surface area contributed by atoms with E-state index in [9.17, 15) is 9.59 Å². The number of Topliss-reactive ketones (excluding diaryl/α,β-unsaturated/α-hetero) is 1. The first-order valence-electron chi connectivity index (χ1n) is 9.03. The van der Waals surface area contributed by atoms with Gasteiger partial charge in [0.2, 0.25) is 0 Å². The highest BCUT2D eigenvalue weighted by Gasteiger charge is 2.32. The smallest absolute Gasteiger partial charge is 0.303 e. The summed E-state index contributed by atoms with van der Waals surface area (Å²) in [6.45, 7) is 0. The SMILES string of the molecule is N#Cc1cccc(/C=C/[C@H]2CCC(=O)C2CCCCCCC(=O)O)c1. The maximum Gasteiger partial charge on any atom is 0.303 e. The summed E-state index contributed by atoms with van der Waals surface area (Å²) >= 11 is 0. The largest absolute Gasteiger partial charge is 0.481 e. The van der Waals surface area contributed by atoms with E-state index in [2.05, 4.69) is 12.1 Å². The number of allylic oxidation sites excluding steroid dienone is 1. The minimum Gasteiger partial charge on any atom is -0.481 e. The topological polar surface area (TPSA) is 78.2 Å². The molecule has 0 radical (unpaired) electrons. The molecule has 0 saturated heterocycles. The zero-order valence-corrected chi connectivity index (χ0v) is 14.5. The zero-order chi connectivity index (χ0) is 18.1. The van der Waals surface area contributed by atoms with E-state index in [0.29, 0.717) is 24.2 Å². The van der Waals surface area contributed by atoms with Crippen LogP contribution in [-0.4, -0.2) is 16.9 Å². The molecule has 2 atom stereocenters. The van der Waals surface area contributed by atoms with E-state index in [1.54, 1.807) is 6.07 Å². The Morgan fingerprint density at radius 3 is 2.84 bits per heavy atom. The molecule has 1 unspecified atom stereocenters. The summed E-state index contributed by atoms with van der Waals surface area (Å²) in [5, 5.41) is 17.6. The molecule has 2 rings (SSSR count). The maximum atomic E-state index is 12.2. The number of unbranched alkanes of at least 4 members (excludes halogenated alkanes) is 3. The molecule has 4 nitrogen and oxygen atoms in total. The van der Waals surface area contributed by atoms with E-state index >= 15 is 0 Å². The molecule has 1 aliphatic carbocycles. The first-order valence-corrected chi connectivity index (χ1v) is 9.03. The maximum absolute atomic E-state index is 12.2. The van der Waals surface area contributed by atoms with Crippen molar-refractivity contribution < 1.29 is 14.7 Å². The molecule has 132 valence electrons. The molecule has 1 aromatic rings. The van der Waals surface area contributed by atoms with Gasteiger partial charge in [-0.05, 0) is 42.9 Å². The highest BCUT2D eigenvalue weighted by molar-refractivity contribution is 5.84. The van der Waals surface area contributed by atoms with Crippen LogP contribution in [0.5, 0.6) is 0 Å². The third-order valence-corrected chi connectivity index (χ3v) is 4.86. The summed E-state index contributed by atoms with van der Waals surface area (Å²) in [5.41, 5.74) is 1.63. The lowest BCUT2D eigenvalue weighted by Crippen LogP contribution is -2.13. The molecule has 0 aliphatic heterocycles. The fourth-order valence-corrected chi connectivity index (χ4v) is 3.48. The number of nitrogens with zero attached hydrogens (tertiary/aromatic N) is 1. The van der Waals surface area contributed by atoms with Gasteiger partial charge in [0.15, 0.2) is 0 Å². The molecule has 0 amide bonds. The van der Waals surface area contributed by atoms with Gasteiger partial charge in [-0.3, -0.25) is 9.59 Å². The van der Waals surface area contributed by atoms with Crippen LogP contribution >= 0.6 is 0 Å². The van der Waals surface area contributed by atoms with Crippen LogP contribution < -0.4 is 0 Å². The minimum atomic E-state index is -0.739. The highest BCUT2D eigenvalue weighted by Crippen LogP contribution is 2.34. The molecular weight excluding hydrogens is 314 g/mol. The van der Waals surface area contributed by atoms with E-state index in [0.717, 1.165) is 37.7 Å². The Morgan fingerprint density at radius 2 is 2.08 bits per heavy atom. The highest BCUT2D eigenvalue weighted by atomic mass is 16.4. The number of aliphatic carboxylic acids is 1. The Kier molecular flexibility index (Phi) is 7.40.